The zero-order valence-corrected chi connectivity index (χ0v) is 14.4. The van der Waals surface area contributed by atoms with Crippen LogP contribution in [0.1, 0.15) is 19.4 Å². The first-order valence-corrected chi connectivity index (χ1v) is 7.91. The van der Waals surface area contributed by atoms with Gasteiger partial charge in [0, 0.05) is 9.13 Å². The summed E-state index contributed by atoms with van der Waals surface area (Å²) in [5.41, 5.74) is 0.844. The monoisotopic (exact) mass is 414 g/mol. The van der Waals surface area contributed by atoms with E-state index in [2.05, 4.69) is 37.8 Å². The molecule has 8 heteroatoms. The van der Waals surface area contributed by atoms with E-state index in [0.717, 1.165) is 14.9 Å². The van der Waals surface area contributed by atoms with Gasteiger partial charge in [0.2, 0.25) is 5.84 Å². The minimum Gasteiger partial charge on any atom is -0.486 e. The average Bonchev–Trinajstić information content (AvgIpc) is 3.01. The van der Waals surface area contributed by atoms with Gasteiger partial charge in [0.1, 0.15) is 32.0 Å². The van der Waals surface area contributed by atoms with Gasteiger partial charge in [-0.2, -0.15) is 9.78 Å². The van der Waals surface area contributed by atoms with E-state index in [-0.39, 0.29) is 6.10 Å². The van der Waals surface area contributed by atoms with E-state index < -0.39 is 0 Å². The molecule has 2 aromatic rings. The first kappa shape index (κ1) is 15.1. The molecule has 0 fully saturated rings. The van der Waals surface area contributed by atoms with Crippen molar-refractivity contribution in [2.45, 2.75) is 20.0 Å². The molecule has 22 heavy (non-hydrogen) atoms. The fourth-order valence-corrected chi connectivity index (χ4v) is 2.60. The molecule has 7 nitrogen and oxygen atoms in total. The third-order valence-corrected chi connectivity index (χ3v) is 3.75. The quantitative estimate of drug-likeness (QED) is 0.334. The van der Waals surface area contributed by atoms with Gasteiger partial charge in [0.25, 0.3) is 0 Å². The Balaban J connectivity index is 2.06. The SMILES string of the molecule is CC(C)O/N=C(\c1cc2c(cc1I)OCCO2)n1cncn1. The number of ether oxygens (including phenoxy) is 2. The Labute approximate surface area is 141 Å². The topological polar surface area (TPSA) is 70.8 Å². The maximum Gasteiger partial charge on any atom is 0.202 e. The van der Waals surface area contributed by atoms with Crippen LogP contribution in [0.25, 0.3) is 0 Å². The first-order valence-electron chi connectivity index (χ1n) is 6.83. The molecular formula is C14H15IN4O3. The molecule has 0 saturated heterocycles. The highest BCUT2D eigenvalue weighted by atomic mass is 127. The molecule has 1 aromatic heterocycles. The lowest BCUT2D eigenvalue weighted by molar-refractivity contribution is 0.0851. The lowest BCUT2D eigenvalue weighted by Crippen LogP contribution is -2.20. The summed E-state index contributed by atoms with van der Waals surface area (Å²) < 4.78 is 13.8. The number of benzene rings is 1. The molecular weight excluding hydrogens is 399 g/mol. The van der Waals surface area contributed by atoms with Crippen LogP contribution in [0.5, 0.6) is 11.5 Å². The lowest BCUT2D eigenvalue weighted by atomic mass is 10.1. The fraction of sp³-hybridized carbons (Fsp3) is 0.357. The van der Waals surface area contributed by atoms with Gasteiger partial charge in [-0.05, 0) is 48.6 Å². The van der Waals surface area contributed by atoms with Gasteiger partial charge in [-0.25, -0.2) is 4.98 Å². The molecule has 1 aliphatic heterocycles. The van der Waals surface area contributed by atoms with Crippen LogP contribution >= 0.6 is 22.6 Å². The fourth-order valence-electron chi connectivity index (χ4n) is 1.92. The molecule has 3 rings (SSSR count). The van der Waals surface area contributed by atoms with Crippen LogP contribution in [-0.2, 0) is 4.84 Å². The minimum absolute atomic E-state index is 0.0339. The molecule has 0 amide bonds. The van der Waals surface area contributed by atoms with Crippen LogP contribution in [0.2, 0.25) is 0 Å². The lowest BCUT2D eigenvalue weighted by Gasteiger charge is -2.20. The summed E-state index contributed by atoms with van der Waals surface area (Å²) in [6.45, 7) is 4.92. The molecule has 0 aliphatic carbocycles. The normalized spacial score (nSPS) is 14.3. The number of halogens is 1. The second kappa shape index (κ2) is 6.51. The zero-order valence-electron chi connectivity index (χ0n) is 12.2. The summed E-state index contributed by atoms with van der Waals surface area (Å²) in [5.74, 6) is 1.98. The number of hydrogen-bond donors (Lipinski definition) is 0. The second-order valence-corrected chi connectivity index (χ2v) is 6.05. The number of hydrogen-bond acceptors (Lipinski definition) is 6. The van der Waals surface area contributed by atoms with Crippen molar-refractivity contribution in [3.63, 3.8) is 0 Å². The van der Waals surface area contributed by atoms with E-state index in [4.69, 9.17) is 14.3 Å². The third-order valence-electron chi connectivity index (χ3n) is 2.86. The third kappa shape index (κ3) is 3.16. The molecule has 0 saturated carbocycles. The smallest absolute Gasteiger partial charge is 0.202 e. The van der Waals surface area contributed by atoms with Crippen LogP contribution in [0.15, 0.2) is 29.9 Å². The largest absolute Gasteiger partial charge is 0.486 e. The van der Waals surface area contributed by atoms with Crippen molar-refractivity contribution in [3.8, 4) is 11.5 Å². The summed E-state index contributed by atoms with van der Waals surface area (Å²) >= 11 is 2.23. The van der Waals surface area contributed by atoms with E-state index in [1.165, 1.54) is 6.33 Å². The minimum atomic E-state index is -0.0339. The Hall–Kier alpha value is -1.84. The molecule has 0 bridgehead atoms. The Morgan fingerprint density at radius 1 is 1.32 bits per heavy atom. The Morgan fingerprint density at radius 3 is 2.68 bits per heavy atom. The first-order chi connectivity index (χ1) is 10.6. The van der Waals surface area contributed by atoms with Crippen LogP contribution < -0.4 is 9.47 Å². The second-order valence-electron chi connectivity index (χ2n) is 4.88. The summed E-state index contributed by atoms with van der Waals surface area (Å²) in [5, 5.41) is 8.37. The Morgan fingerprint density at radius 2 is 2.05 bits per heavy atom. The standard InChI is InChI=1S/C14H15IN4O3/c1-9(2)22-18-14(19-8-16-7-17-19)10-5-12-13(6-11(10)15)21-4-3-20-12/h5-9H,3-4H2,1-2H3/b18-14+. The van der Waals surface area contributed by atoms with Gasteiger partial charge in [0.05, 0.1) is 0 Å². The summed E-state index contributed by atoms with van der Waals surface area (Å²) in [7, 11) is 0. The van der Waals surface area contributed by atoms with Crippen LogP contribution in [-0.4, -0.2) is 39.9 Å². The molecule has 0 radical (unpaired) electrons. The van der Waals surface area contributed by atoms with Gasteiger partial charge in [-0.15, -0.1) is 0 Å². The van der Waals surface area contributed by atoms with E-state index in [1.54, 1.807) is 11.0 Å². The molecule has 2 heterocycles. The highest BCUT2D eigenvalue weighted by Crippen LogP contribution is 2.34. The van der Waals surface area contributed by atoms with E-state index in [9.17, 15) is 0 Å². The molecule has 1 aromatic carbocycles. The van der Waals surface area contributed by atoms with E-state index in [1.807, 2.05) is 26.0 Å². The van der Waals surface area contributed by atoms with Crippen LogP contribution in [0.3, 0.4) is 0 Å². The number of rotatable bonds is 3. The number of nitrogens with zero attached hydrogens (tertiary/aromatic N) is 4. The van der Waals surface area contributed by atoms with Crippen molar-refractivity contribution >= 4 is 28.4 Å². The summed E-state index contributed by atoms with van der Waals surface area (Å²) in [6.07, 6.45) is 3.00. The predicted molar refractivity (Wildman–Crippen MR) is 88.3 cm³/mol. The summed E-state index contributed by atoms with van der Waals surface area (Å²) in [4.78, 5) is 9.38. The van der Waals surface area contributed by atoms with Crippen molar-refractivity contribution in [2.24, 2.45) is 5.16 Å². The Kier molecular flexibility index (Phi) is 4.46. The Bertz CT molecular complexity index is 686. The van der Waals surface area contributed by atoms with Crippen molar-refractivity contribution in [3.05, 3.63) is 33.9 Å². The summed E-state index contributed by atoms with van der Waals surface area (Å²) in [6, 6.07) is 3.81. The number of aromatic nitrogens is 3. The maximum absolute atomic E-state index is 5.64. The number of fused-ring (bicyclic) bond motifs is 1. The molecule has 0 N–H and O–H groups in total. The molecule has 1 aliphatic rings. The van der Waals surface area contributed by atoms with Gasteiger partial charge in [-0.3, -0.25) is 0 Å². The highest BCUT2D eigenvalue weighted by molar-refractivity contribution is 14.1. The van der Waals surface area contributed by atoms with Crippen LogP contribution in [0, 0.1) is 3.57 Å². The highest BCUT2D eigenvalue weighted by Gasteiger charge is 2.19. The number of oxime groups is 1. The van der Waals surface area contributed by atoms with Gasteiger partial charge in [0.15, 0.2) is 11.5 Å². The van der Waals surface area contributed by atoms with Crippen molar-refractivity contribution in [1.29, 1.82) is 0 Å². The molecule has 116 valence electrons. The van der Waals surface area contributed by atoms with Gasteiger partial charge >= 0.3 is 0 Å². The predicted octanol–water partition coefficient (Wildman–Crippen LogP) is 2.29. The van der Waals surface area contributed by atoms with Crippen molar-refractivity contribution < 1.29 is 14.3 Å². The zero-order chi connectivity index (χ0) is 15.5. The van der Waals surface area contributed by atoms with E-state index >= 15 is 0 Å². The molecule has 0 atom stereocenters. The van der Waals surface area contributed by atoms with E-state index in [0.29, 0.717) is 24.8 Å². The molecule has 0 unspecified atom stereocenters. The average molecular weight is 414 g/mol. The maximum atomic E-state index is 5.64. The van der Waals surface area contributed by atoms with Crippen molar-refractivity contribution in [2.75, 3.05) is 13.2 Å². The van der Waals surface area contributed by atoms with Crippen LogP contribution in [0.4, 0.5) is 0 Å². The van der Waals surface area contributed by atoms with Crippen molar-refractivity contribution in [1.82, 2.24) is 14.8 Å². The van der Waals surface area contributed by atoms with Gasteiger partial charge in [-0.1, -0.05) is 5.16 Å². The molecule has 0 spiro atoms. The van der Waals surface area contributed by atoms with Gasteiger partial charge < -0.3 is 14.3 Å².